The molecule has 148 valence electrons. The Morgan fingerprint density at radius 2 is 1.40 bits per heavy atom. The Bertz CT molecular complexity index is 1300. The summed E-state index contributed by atoms with van der Waals surface area (Å²) in [6, 6.07) is 32.7. The Balaban J connectivity index is 1.66. The predicted molar refractivity (Wildman–Crippen MR) is 129 cm³/mol. The number of aromatic amines is 1. The molecule has 1 aromatic heterocycles. The van der Waals surface area contributed by atoms with Gasteiger partial charge in [0.2, 0.25) is 0 Å². The van der Waals surface area contributed by atoms with Crippen LogP contribution in [0.25, 0.3) is 44.1 Å². The largest absolute Gasteiger partial charge is 0.354 e. The van der Waals surface area contributed by atoms with Crippen LogP contribution in [0.5, 0.6) is 0 Å². The molecule has 0 aliphatic heterocycles. The number of benzene rings is 4. The zero-order valence-electron chi connectivity index (χ0n) is 17.1. The highest BCUT2D eigenvalue weighted by Gasteiger charge is 2.14. The number of aromatic nitrogens is 1. The number of hydrogen-bond acceptors (Lipinski definition) is 1. The molecule has 0 fully saturated rings. The second kappa shape index (κ2) is 8.17. The first-order chi connectivity index (χ1) is 14.8. The number of rotatable bonds is 6. The van der Waals surface area contributed by atoms with Crippen LogP contribution in [-0.4, -0.2) is 11.5 Å². The maximum Gasteiger partial charge on any atom is 0.0497 e. The van der Waals surface area contributed by atoms with Crippen LogP contribution >= 0.6 is 0 Å². The van der Waals surface area contributed by atoms with Gasteiger partial charge in [0.25, 0.3) is 0 Å². The Morgan fingerprint density at radius 1 is 0.633 bits per heavy atom. The Morgan fingerprint density at radius 3 is 2.23 bits per heavy atom. The van der Waals surface area contributed by atoms with Crippen LogP contribution < -0.4 is 5.73 Å². The fourth-order valence-corrected chi connectivity index (χ4v) is 4.35. The lowest BCUT2D eigenvalue weighted by Gasteiger charge is -2.07. The van der Waals surface area contributed by atoms with E-state index < -0.39 is 0 Å². The fourth-order valence-electron chi connectivity index (χ4n) is 4.35. The summed E-state index contributed by atoms with van der Waals surface area (Å²) in [7, 11) is 0. The van der Waals surface area contributed by atoms with Crippen molar-refractivity contribution in [3.63, 3.8) is 0 Å². The van der Waals surface area contributed by atoms with Gasteiger partial charge in [-0.15, -0.1) is 0 Å². The van der Waals surface area contributed by atoms with Crippen molar-refractivity contribution in [2.24, 2.45) is 5.73 Å². The van der Waals surface area contributed by atoms with E-state index in [1.54, 1.807) is 0 Å². The second-order valence-electron chi connectivity index (χ2n) is 7.91. The quantitative estimate of drug-likeness (QED) is 0.303. The summed E-state index contributed by atoms with van der Waals surface area (Å²) < 4.78 is 0. The lowest BCUT2D eigenvalue weighted by atomic mass is 9.96. The molecule has 0 saturated heterocycles. The molecule has 0 aliphatic rings. The summed E-state index contributed by atoms with van der Waals surface area (Å²) in [4.78, 5) is 3.72. The number of aryl methyl sites for hydroxylation is 1. The highest BCUT2D eigenvalue weighted by molar-refractivity contribution is 5.95. The van der Waals surface area contributed by atoms with E-state index in [1.807, 2.05) is 0 Å². The van der Waals surface area contributed by atoms with Gasteiger partial charge < -0.3 is 10.7 Å². The van der Waals surface area contributed by atoms with Crippen molar-refractivity contribution in [3.05, 3.63) is 96.6 Å². The zero-order chi connectivity index (χ0) is 20.3. The van der Waals surface area contributed by atoms with Gasteiger partial charge in [-0.2, -0.15) is 0 Å². The summed E-state index contributed by atoms with van der Waals surface area (Å²) in [5.41, 5.74) is 13.4. The summed E-state index contributed by atoms with van der Waals surface area (Å²) >= 11 is 0. The third-order valence-corrected chi connectivity index (χ3v) is 5.93. The van der Waals surface area contributed by atoms with E-state index in [0.717, 1.165) is 25.8 Å². The molecule has 2 nitrogen and oxygen atoms in total. The summed E-state index contributed by atoms with van der Waals surface area (Å²) in [5.74, 6) is 0. The highest BCUT2D eigenvalue weighted by atomic mass is 14.7. The van der Waals surface area contributed by atoms with Crippen LogP contribution in [0.1, 0.15) is 18.4 Å². The summed E-state index contributed by atoms with van der Waals surface area (Å²) in [5, 5.41) is 3.86. The number of nitrogens with one attached hydrogen (secondary N) is 1. The van der Waals surface area contributed by atoms with Crippen molar-refractivity contribution in [1.82, 2.24) is 4.98 Å². The average Bonchev–Trinajstić information content (AvgIpc) is 3.17. The fraction of sp³-hybridized carbons (Fsp3) is 0.143. The second-order valence-corrected chi connectivity index (χ2v) is 7.91. The molecule has 1 heterocycles. The van der Waals surface area contributed by atoms with Crippen LogP contribution in [0.15, 0.2) is 91.0 Å². The number of nitrogens with two attached hydrogens (primary N) is 1. The van der Waals surface area contributed by atoms with E-state index in [1.165, 1.54) is 49.6 Å². The van der Waals surface area contributed by atoms with Gasteiger partial charge in [0.15, 0.2) is 0 Å². The standard InChI is InChI=1S/C28H26N2/c29-17-7-6-12-25-26-19-23(20-8-2-1-3-9-20)15-16-27(26)30-28(25)24-14-13-21-10-4-5-11-22(21)18-24/h1-5,8-11,13-16,18-19,30H,6-7,12,17,29H2. The van der Waals surface area contributed by atoms with Gasteiger partial charge in [0, 0.05) is 16.6 Å². The van der Waals surface area contributed by atoms with E-state index in [0.29, 0.717) is 0 Å². The Kier molecular flexibility index (Phi) is 5.08. The molecule has 0 atom stereocenters. The molecule has 0 unspecified atom stereocenters. The average molecular weight is 391 g/mol. The topological polar surface area (TPSA) is 41.8 Å². The van der Waals surface area contributed by atoms with Gasteiger partial charge in [-0.25, -0.2) is 0 Å². The third kappa shape index (κ3) is 3.51. The van der Waals surface area contributed by atoms with E-state index in [2.05, 4.69) is 96.0 Å². The molecular weight excluding hydrogens is 364 g/mol. The number of hydrogen-bond donors (Lipinski definition) is 2. The smallest absolute Gasteiger partial charge is 0.0497 e. The molecule has 30 heavy (non-hydrogen) atoms. The first-order valence-electron chi connectivity index (χ1n) is 10.7. The maximum absolute atomic E-state index is 5.78. The normalized spacial score (nSPS) is 11.4. The van der Waals surface area contributed by atoms with Crippen molar-refractivity contribution in [2.75, 3.05) is 6.54 Å². The first kappa shape index (κ1) is 18.7. The van der Waals surface area contributed by atoms with Gasteiger partial charge >= 0.3 is 0 Å². The third-order valence-electron chi connectivity index (χ3n) is 5.93. The van der Waals surface area contributed by atoms with Crippen LogP contribution in [0, 0.1) is 0 Å². The lowest BCUT2D eigenvalue weighted by molar-refractivity contribution is 0.748. The van der Waals surface area contributed by atoms with E-state index >= 15 is 0 Å². The van der Waals surface area contributed by atoms with E-state index in [4.69, 9.17) is 5.73 Å². The van der Waals surface area contributed by atoms with Gasteiger partial charge in [-0.05, 0) is 77.0 Å². The van der Waals surface area contributed by atoms with Crippen molar-refractivity contribution >= 4 is 21.7 Å². The minimum atomic E-state index is 0.739. The molecular formula is C28H26N2. The minimum Gasteiger partial charge on any atom is -0.354 e. The number of H-pyrrole nitrogens is 1. The number of fused-ring (bicyclic) bond motifs is 2. The van der Waals surface area contributed by atoms with Crippen molar-refractivity contribution in [2.45, 2.75) is 19.3 Å². The van der Waals surface area contributed by atoms with Gasteiger partial charge in [-0.3, -0.25) is 0 Å². The van der Waals surface area contributed by atoms with E-state index in [-0.39, 0.29) is 0 Å². The van der Waals surface area contributed by atoms with Crippen LogP contribution in [0.3, 0.4) is 0 Å². The number of unbranched alkanes of at least 4 members (excludes halogenated alkanes) is 1. The van der Waals surface area contributed by atoms with Gasteiger partial charge in [0.05, 0.1) is 0 Å². The molecule has 0 spiro atoms. The lowest BCUT2D eigenvalue weighted by Crippen LogP contribution is -1.99. The molecule has 5 aromatic rings. The predicted octanol–water partition coefficient (Wildman–Crippen LogP) is 6.94. The zero-order valence-corrected chi connectivity index (χ0v) is 17.1. The summed E-state index contributed by atoms with van der Waals surface area (Å²) in [6.45, 7) is 0.739. The molecule has 0 saturated carbocycles. The van der Waals surface area contributed by atoms with Crippen LogP contribution in [-0.2, 0) is 6.42 Å². The monoisotopic (exact) mass is 390 g/mol. The first-order valence-corrected chi connectivity index (χ1v) is 10.7. The molecule has 0 radical (unpaired) electrons. The van der Waals surface area contributed by atoms with Crippen molar-refractivity contribution in [3.8, 4) is 22.4 Å². The van der Waals surface area contributed by atoms with Gasteiger partial charge in [-0.1, -0.05) is 72.8 Å². The van der Waals surface area contributed by atoms with E-state index in [9.17, 15) is 0 Å². The highest BCUT2D eigenvalue weighted by Crippen LogP contribution is 2.35. The van der Waals surface area contributed by atoms with Gasteiger partial charge in [0.1, 0.15) is 0 Å². The molecule has 3 N–H and O–H groups in total. The molecule has 2 heteroatoms. The molecule has 0 amide bonds. The van der Waals surface area contributed by atoms with Crippen LogP contribution in [0.4, 0.5) is 0 Å². The Labute approximate surface area is 177 Å². The molecule has 0 aliphatic carbocycles. The minimum absolute atomic E-state index is 0.739. The molecule has 0 bridgehead atoms. The summed E-state index contributed by atoms with van der Waals surface area (Å²) in [6.07, 6.45) is 3.17. The van der Waals surface area contributed by atoms with Crippen molar-refractivity contribution < 1.29 is 0 Å². The molecule has 4 aromatic carbocycles. The molecule has 5 rings (SSSR count). The Hall–Kier alpha value is -3.36. The van der Waals surface area contributed by atoms with Crippen molar-refractivity contribution in [1.29, 1.82) is 0 Å². The maximum atomic E-state index is 5.78. The SMILES string of the molecule is NCCCCc1c(-c2ccc3ccccc3c2)[nH]c2ccc(-c3ccccc3)cc12. The van der Waals surface area contributed by atoms with Crippen LogP contribution in [0.2, 0.25) is 0 Å².